The molecule has 4 nitrogen and oxygen atoms in total. The van der Waals surface area contributed by atoms with E-state index in [2.05, 4.69) is 24.1 Å². The molecule has 1 fully saturated rings. The van der Waals surface area contributed by atoms with Gasteiger partial charge in [0.25, 0.3) is 0 Å². The summed E-state index contributed by atoms with van der Waals surface area (Å²) in [6.07, 6.45) is 5.63. The minimum atomic E-state index is -0.550. The predicted molar refractivity (Wildman–Crippen MR) is 78.2 cm³/mol. The van der Waals surface area contributed by atoms with Crippen molar-refractivity contribution in [3.05, 3.63) is 0 Å². The molecule has 0 bridgehead atoms. The third-order valence-corrected chi connectivity index (χ3v) is 4.27. The standard InChI is InChI=1S/C15H30N2O2/c1-5-10-16-15(3,14(18)19-4)9-12-17-11-7-8-13(17)6-2/h13,16H,5-12H2,1-4H3. The molecule has 0 aliphatic carbocycles. The largest absolute Gasteiger partial charge is 0.468 e. The lowest BCUT2D eigenvalue weighted by molar-refractivity contribution is -0.148. The molecule has 1 aliphatic rings. The number of carbonyl (C=O) groups excluding carboxylic acids is 1. The Hall–Kier alpha value is -0.610. The first-order chi connectivity index (χ1) is 9.07. The van der Waals surface area contributed by atoms with Crippen molar-refractivity contribution in [1.82, 2.24) is 10.2 Å². The molecule has 0 radical (unpaired) electrons. The number of esters is 1. The zero-order valence-corrected chi connectivity index (χ0v) is 13.0. The normalized spacial score (nSPS) is 23.3. The fraction of sp³-hybridized carbons (Fsp3) is 0.933. The summed E-state index contributed by atoms with van der Waals surface area (Å²) < 4.78 is 4.96. The summed E-state index contributed by atoms with van der Waals surface area (Å²) in [5.41, 5.74) is -0.550. The van der Waals surface area contributed by atoms with E-state index < -0.39 is 5.54 Å². The van der Waals surface area contributed by atoms with Crippen molar-refractivity contribution in [2.24, 2.45) is 0 Å². The molecule has 0 aromatic carbocycles. The van der Waals surface area contributed by atoms with Crippen LogP contribution in [0.5, 0.6) is 0 Å². The quantitative estimate of drug-likeness (QED) is 0.686. The molecule has 2 unspecified atom stereocenters. The third-order valence-electron chi connectivity index (χ3n) is 4.27. The van der Waals surface area contributed by atoms with Crippen LogP contribution in [0.4, 0.5) is 0 Å². The van der Waals surface area contributed by atoms with E-state index in [0.717, 1.165) is 25.9 Å². The maximum absolute atomic E-state index is 12.0. The third kappa shape index (κ3) is 4.46. The molecule has 0 spiro atoms. The first kappa shape index (κ1) is 16.4. The fourth-order valence-electron chi connectivity index (χ4n) is 2.91. The Bertz CT molecular complexity index is 283. The average molecular weight is 270 g/mol. The summed E-state index contributed by atoms with van der Waals surface area (Å²) in [6.45, 7) is 9.31. The Morgan fingerprint density at radius 2 is 2.21 bits per heavy atom. The zero-order chi connectivity index (χ0) is 14.3. The van der Waals surface area contributed by atoms with Gasteiger partial charge in [-0.3, -0.25) is 4.79 Å². The molecule has 4 heteroatoms. The summed E-state index contributed by atoms with van der Waals surface area (Å²) in [4.78, 5) is 14.5. The minimum Gasteiger partial charge on any atom is -0.468 e. The smallest absolute Gasteiger partial charge is 0.325 e. The zero-order valence-electron chi connectivity index (χ0n) is 13.0. The highest BCUT2D eigenvalue weighted by Crippen LogP contribution is 2.22. The highest BCUT2D eigenvalue weighted by atomic mass is 16.5. The van der Waals surface area contributed by atoms with Crippen LogP contribution in [-0.2, 0) is 9.53 Å². The Morgan fingerprint density at radius 3 is 2.79 bits per heavy atom. The van der Waals surface area contributed by atoms with E-state index in [1.807, 2.05) is 6.92 Å². The molecular weight excluding hydrogens is 240 g/mol. The van der Waals surface area contributed by atoms with Gasteiger partial charge in [-0.2, -0.15) is 0 Å². The SMILES string of the molecule is CCCNC(C)(CCN1CCCC1CC)C(=O)OC. The number of nitrogens with zero attached hydrogens (tertiary/aromatic N) is 1. The summed E-state index contributed by atoms with van der Waals surface area (Å²) >= 11 is 0. The first-order valence-corrected chi connectivity index (χ1v) is 7.64. The van der Waals surface area contributed by atoms with Crippen LogP contribution in [0, 0.1) is 0 Å². The van der Waals surface area contributed by atoms with Crippen molar-refractivity contribution in [2.45, 2.75) is 64.5 Å². The van der Waals surface area contributed by atoms with Crippen molar-refractivity contribution in [1.29, 1.82) is 0 Å². The molecule has 112 valence electrons. The second-order valence-corrected chi connectivity index (χ2v) is 5.74. The van der Waals surface area contributed by atoms with E-state index in [0.29, 0.717) is 6.04 Å². The second kappa shape index (κ2) is 7.85. The van der Waals surface area contributed by atoms with Gasteiger partial charge in [-0.05, 0) is 52.1 Å². The average Bonchev–Trinajstić information content (AvgIpc) is 2.89. The second-order valence-electron chi connectivity index (χ2n) is 5.74. The molecule has 0 aromatic rings. The van der Waals surface area contributed by atoms with Gasteiger partial charge in [0, 0.05) is 12.6 Å². The minimum absolute atomic E-state index is 0.145. The van der Waals surface area contributed by atoms with E-state index >= 15 is 0 Å². The molecule has 1 saturated heterocycles. The maximum Gasteiger partial charge on any atom is 0.325 e. The number of ether oxygens (including phenoxy) is 1. The lowest BCUT2D eigenvalue weighted by Gasteiger charge is -2.31. The molecule has 1 rings (SSSR count). The van der Waals surface area contributed by atoms with Crippen molar-refractivity contribution in [2.75, 3.05) is 26.7 Å². The molecular formula is C15H30N2O2. The summed E-state index contributed by atoms with van der Waals surface area (Å²) in [7, 11) is 1.47. The van der Waals surface area contributed by atoms with Crippen LogP contribution in [-0.4, -0.2) is 49.2 Å². The summed E-state index contributed by atoms with van der Waals surface area (Å²) in [5.74, 6) is -0.145. The highest BCUT2D eigenvalue weighted by Gasteiger charge is 2.35. The maximum atomic E-state index is 12.0. The molecule has 1 heterocycles. The molecule has 0 aromatic heterocycles. The summed E-state index contributed by atoms with van der Waals surface area (Å²) in [5, 5.41) is 3.35. The number of likely N-dealkylation sites (tertiary alicyclic amines) is 1. The van der Waals surface area contributed by atoms with Gasteiger partial charge in [-0.25, -0.2) is 0 Å². The van der Waals surface area contributed by atoms with E-state index in [1.54, 1.807) is 0 Å². The molecule has 1 N–H and O–H groups in total. The Morgan fingerprint density at radius 1 is 1.47 bits per heavy atom. The van der Waals surface area contributed by atoms with Crippen LogP contribution in [0.2, 0.25) is 0 Å². The lowest BCUT2D eigenvalue weighted by Crippen LogP contribution is -2.52. The van der Waals surface area contributed by atoms with E-state index in [1.165, 1.54) is 32.9 Å². The van der Waals surface area contributed by atoms with Crippen LogP contribution in [0.25, 0.3) is 0 Å². The van der Waals surface area contributed by atoms with Crippen molar-refractivity contribution < 1.29 is 9.53 Å². The number of hydrogen-bond donors (Lipinski definition) is 1. The van der Waals surface area contributed by atoms with Gasteiger partial charge in [0.05, 0.1) is 7.11 Å². The topological polar surface area (TPSA) is 41.6 Å². The number of methoxy groups -OCH3 is 1. The number of nitrogens with one attached hydrogen (secondary N) is 1. The molecule has 1 aliphatic heterocycles. The lowest BCUT2D eigenvalue weighted by atomic mass is 9.97. The van der Waals surface area contributed by atoms with Gasteiger partial charge in [0.15, 0.2) is 0 Å². The highest BCUT2D eigenvalue weighted by molar-refractivity contribution is 5.80. The van der Waals surface area contributed by atoms with E-state index in [9.17, 15) is 4.79 Å². The summed E-state index contributed by atoms with van der Waals surface area (Å²) in [6, 6.07) is 0.702. The monoisotopic (exact) mass is 270 g/mol. The fourth-order valence-corrected chi connectivity index (χ4v) is 2.91. The van der Waals surface area contributed by atoms with Crippen LogP contribution in [0.15, 0.2) is 0 Å². The molecule has 0 saturated carbocycles. The van der Waals surface area contributed by atoms with E-state index in [4.69, 9.17) is 4.74 Å². The van der Waals surface area contributed by atoms with Crippen molar-refractivity contribution >= 4 is 5.97 Å². The van der Waals surface area contributed by atoms with Gasteiger partial charge >= 0.3 is 5.97 Å². The van der Waals surface area contributed by atoms with Gasteiger partial charge in [-0.1, -0.05) is 13.8 Å². The van der Waals surface area contributed by atoms with Gasteiger partial charge in [0.2, 0.25) is 0 Å². The van der Waals surface area contributed by atoms with Gasteiger partial charge < -0.3 is 15.0 Å². The van der Waals surface area contributed by atoms with Crippen molar-refractivity contribution in [3.63, 3.8) is 0 Å². The van der Waals surface area contributed by atoms with Crippen molar-refractivity contribution in [3.8, 4) is 0 Å². The van der Waals surface area contributed by atoms with Crippen LogP contribution < -0.4 is 5.32 Å². The Labute approximate surface area is 117 Å². The number of carbonyl (C=O) groups is 1. The first-order valence-electron chi connectivity index (χ1n) is 7.64. The van der Waals surface area contributed by atoms with Crippen LogP contribution >= 0.6 is 0 Å². The predicted octanol–water partition coefficient (Wildman–Crippen LogP) is 2.18. The number of hydrogen-bond acceptors (Lipinski definition) is 4. The van der Waals surface area contributed by atoms with Gasteiger partial charge in [0.1, 0.15) is 5.54 Å². The molecule has 2 atom stereocenters. The van der Waals surface area contributed by atoms with Crippen LogP contribution in [0.1, 0.15) is 52.9 Å². The molecule has 19 heavy (non-hydrogen) atoms. The molecule has 0 amide bonds. The van der Waals surface area contributed by atoms with Crippen LogP contribution in [0.3, 0.4) is 0 Å². The Balaban J connectivity index is 2.54. The van der Waals surface area contributed by atoms with E-state index in [-0.39, 0.29) is 5.97 Å². The Kier molecular flexibility index (Phi) is 6.80. The number of rotatable bonds is 8. The van der Waals surface area contributed by atoms with Gasteiger partial charge in [-0.15, -0.1) is 0 Å².